The summed E-state index contributed by atoms with van der Waals surface area (Å²) in [4.78, 5) is 3.88. The number of nitrogens with zero attached hydrogens (tertiary/aromatic N) is 1. The molecule has 0 spiro atoms. The van der Waals surface area contributed by atoms with E-state index in [2.05, 4.69) is 49.9 Å². The number of rotatable bonds is 7. The number of nitrogens with two attached hydrogens (primary N) is 1. The molecule has 1 heterocycles. The molecule has 1 aromatic heterocycles. The first-order valence-electron chi connectivity index (χ1n) is 7.61. The molecule has 2 rings (SSSR count). The molecule has 1 aromatic carbocycles. The maximum atomic E-state index is 5.95. The second kappa shape index (κ2) is 7.21. The van der Waals surface area contributed by atoms with Crippen LogP contribution in [0.2, 0.25) is 0 Å². The molecule has 20 heavy (non-hydrogen) atoms. The van der Waals surface area contributed by atoms with Gasteiger partial charge in [-0.2, -0.15) is 0 Å². The lowest BCUT2D eigenvalue weighted by Crippen LogP contribution is -2.28. The van der Waals surface area contributed by atoms with Gasteiger partial charge in [0.05, 0.1) is 0 Å². The average molecular weight is 290 g/mol. The second-order valence-corrected chi connectivity index (χ2v) is 6.68. The lowest BCUT2D eigenvalue weighted by molar-refractivity contribution is 0.238. The fourth-order valence-corrected chi connectivity index (χ4v) is 3.68. The Hall–Kier alpha value is -0.900. The van der Waals surface area contributed by atoms with E-state index in [0.29, 0.717) is 6.54 Å². The highest BCUT2D eigenvalue weighted by atomic mass is 32.1. The highest BCUT2D eigenvalue weighted by Gasteiger charge is 2.15. The molecule has 0 amide bonds. The fraction of sp³-hybridized carbons (Fsp3) is 0.529. The minimum atomic E-state index is 0.648. The number of hydrogen-bond donors (Lipinski definition) is 1. The smallest absolute Gasteiger partial charge is 0.0349 e. The van der Waals surface area contributed by atoms with Gasteiger partial charge in [0.25, 0.3) is 0 Å². The molecule has 0 saturated carbocycles. The van der Waals surface area contributed by atoms with E-state index in [9.17, 15) is 0 Å². The van der Waals surface area contributed by atoms with Gasteiger partial charge in [0, 0.05) is 29.2 Å². The predicted octanol–water partition coefficient (Wildman–Crippen LogP) is 4.23. The molecule has 2 aromatic rings. The van der Waals surface area contributed by atoms with Crippen molar-refractivity contribution in [1.82, 2.24) is 4.90 Å². The Morgan fingerprint density at radius 2 is 2.00 bits per heavy atom. The van der Waals surface area contributed by atoms with Crippen molar-refractivity contribution >= 4 is 21.4 Å². The molecule has 0 fully saturated rings. The summed E-state index contributed by atoms with van der Waals surface area (Å²) in [5, 5.41) is 1.39. The van der Waals surface area contributed by atoms with Gasteiger partial charge >= 0.3 is 0 Å². The lowest BCUT2D eigenvalue weighted by Gasteiger charge is -2.24. The van der Waals surface area contributed by atoms with Crippen LogP contribution in [0.25, 0.3) is 10.1 Å². The number of benzene rings is 1. The predicted molar refractivity (Wildman–Crippen MR) is 90.1 cm³/mol. The van der Waals surface area contributed by atoms with Crippen molar-refractivity contribution < 1.29 is 0 Å². The van der Waals surface area contributed by atoms with Crippen molar-refractivity contribution in [1.29, 1.82) is 0 Å². The normalized spacial score (nSPS) is 13.2. The first-order valence-corrected chi connectivity index (χ1v) is 8.42. The number of fused-ring (bicyclic) bond motifs is 1. The summed E-state index contributed by atoms with van der Waals surface area (Å²) >= 11 is 1.85. The van der Waals surface area contributed by atoms with E-state index in [1.807, 2.05) is 11.3 Å². The van der Waals surface area contributed by atoms with Gasteiger partial charge in [-0.3, -0.25) is 4.90 Å². The Labute approximate surface area is 126 Å². The largest absolute Gasteiger partial charge is 0.326 e. The van der Waals surface area contributed by atoms with Crippen molar-refractivity contribution in [2.75, 3.05) is 13.1 Å². The molecule has 0 aliphatic rings. The van der Waals surface area contributed by atoms with E-state index in [0.717, 1.165) is 19.0 Å². The summed E-state index contributed by atoms with van der Waals surface area (Å²) in [6, 6.07) is 8.68. The Morgan fingerprint density at radius 3 is 2.65 bits per heavy atom. The molecule has 3 heteroatoms. The molecule has 0 saturated heterocycles. The Bertz CT molecular complexity index is 547. The van der Waals surface area contributed by atoms with E-state index in [1.54, 1.807) is 0 Å². The van der Waals surface area contributed by atoms with Crippen LogP contribution in [-0.2, 0) is 13.1 Å². The topological polar surface area (TPSA) is 29.3 Å². The Balaban J connectivity index is 2.26. The Kier molecular flexibility index (Phi) is 5.58. The zero-order chi connectivity index (χ0) is 14.5. The van der Waals surface area contributed by atoms with E-state index in [4.69, 9.17) is 5.73 Å². The SMILES string of the molecule is CCC(C)CN(CC)Cc1c(CN)sc2ccccc12. The molecular weight excluding hydrogens is 264 g/mol. The van der Waals surface area contributed by atoms with Gasteiger partial charge in [-0.05, 0) is 29.5 Å². The molecule has 1 unspecified atom stereocenters. The van der Waals surface area contributed by atoms with Gasteiger partial charge in [-0.1, -0.05) is 45.4 Å². The van der Waals surface area contributed by atoms with Gasteiger partial charge < -0.3 is 5.73 Å². The molecule has 1 atom stereocenters. The summed E-state index contributed by atoms with van der Waals surface area (Å²) in [5.41, 5.74) is 7.39. The first kappa shape index (κ1) is 15.5. The standard InChI is InChI=1S/C17H26N2S/c1-4-13(3)11-19(5-2)12-15-14-8-6-7-9-16(14)20-17(15)10-18/h6-9,13H,4-5,10-12,18H2,1-3H3. The van der Waals surface area contributed by atoms with E-state index >= 15 is 0 Å². The quantitative estimate of drug-likeness (QED) is 0.827. The van der Waals surface area contributed by atoms with Crippen LogP contribution in [0.3, 0.4) is 0 Å². The third kappa shape index (κ3) is 3.40. The van der Waals surface area contributed by atoms with Gasteiger partial charge in [-0.25, -0.2) is 0 Å². The number of thiophene rings is 1. The number of hydrogen-bond acceptors (Lipinski definition) is 3. The van der Waals surface area contributed by atoms with Crippen LogP contribution in [0.15, 0.2) is 24.3 Å². The third-order valence-corrected chi connectivity index (χ3v) is 5.30. The summed E-state index contributed by atoms with van der Waals surface area (Å²) in [6.07, 6.45) is 1.24. The van der Waals surface area contributed by atoms with Gasteiger partial charge in [-0.15, -0.1) is 11.3 Å². The Morgan fingerprint density at radius 1 is 1.25 bits per heavy atom. The minimum absolute atomic E-state index is 0.648. The van der Waals surface area contributed by atoms with Crippen molar-refractivity contribution in [3.63, 3.8) is 0 Å². The molecular formula is C17H26N2S. The zero-order valence-electron chi connectivity index (χ0n) is 12.9. The average Bonchev–Trinajstić information content (AvgIpc) is 2.84. The molecule has 0 aliphatic heterocycles. The van der Waals surface area contributed by atoms with Gasteiger partial charge in [0.1, 0.15) is 0 Å². The molecule has 2 nitrogen and oxygen atoms in total. The highest BCUT2D eigenvalue weighted by Crippen LogP contribution is 2.32. The van der Waals surface area contributed by atoms with Crippen molar-refractivity contribution in [3.8, 4) is 0 Å². The maximum Gasteiger partial charge on any atom is 0.0349 e. The van der Waals surface area contributed by atoms with Crippen molar-refractivity contribution in [3.05, 3.63) is 34.7 Å². The lowest BCUT2D eigenvalue weighted by atomic mass is 10.1. The van der Waals surface area contributed by atoms with E-state index < -0.39 is 0 Å². The maximum absolute atomic E-state index is 5.95. The van der Waals surface area contributed by atoms with Crippen LogP contribution >= 0.6 is 11.3 Å². The minimum Gasteiger partial charge on any atom is -0.326 e. The van der Waals surface area contributed by atoms with E-state index in [-0.39, 0.29) is 0 Å². The van der Waals surface area contributed by atoms with Crippen LogP contribution in [0.4, 0.5) is 0 Å². The zero-order valence-corrected chi connectivity index (χ0v) is 13.7. The fourth-order valence-electron chi connectivity index (χ4n) is 2.59. The molecule has 2 N–H and O–H groups in total. The van der Waals surface area contributed by atoms with Crippen LogP contribution in [-0.4, -0.2) is 18.0 Å². The van der Waals surface area contributed by atoms with E-state index in [1.165, 1.54) is 33.5 Å². The molecule has 0 aliphatic carbocycles. The highest BCUT2D eigenvalue weighted by molar-refractivity contribution is 7.19. The molecule has 0 bridgehead atoms. The molecule has 0 radical (unpaired) electrons. The van der Waals surface area contributed by atoms with Crippen LogP contribution < -0.4 is 5.73 Å². The molecule has 110 valence electrons. The van der Waals surface area contributed by atoms with Gasteiger partial charge in [0.2, 0.25) is 0 Å². The first-order chi connectivity index (χ1) is 9.69. The summed E-state index contributed by atoms with van der Waals surface area (Å²) in [7, 11) is 0. The summed E-state index contributed by atoms with van der Waals surface area (Å²) in [6.45, 7) is 10.8. The third-order valence-electron chi connectivity index (χ3n) is 4.06. The summed E-state index contributed by atoms with van der Waals surface area (Å²) in [5.74, 6) is 0.751. The van der Waals surface area contributed by atoms with Crippen molar-refractivity contribution in [2.24, 2.45) is 11.7 Å². The van der Waals surface area contributed by atoms with Crippen LogP contribution in [0.5, 0.6) is 0 Å². The van der Waals surface area contributed by atoms with Crippen LogP contribution in [0.1, 0.15) is 37.6 Å². The van der Waals surface area contributed by atoms with Crippen LogP contribution in [0, 0.1) is 5.92 Å². The van der Waals surface area contributed by atoms with Gasteiger partial charge in [0.15, 0.2) is 0 Å². The van der Waals surface area contributed by atoms with Crippen molar-refractivity contribution in [2.45, 2.75) is 40.3 Å². The monoisotopic (exact) mass is 290 g/mol. The summed E-state index contributed by atoms with van der Waals surface area (Å²) < 4.78 is 1.36. The second-order valence-electron chi connectivity index (χ2n) is 5.55.